The summed E-state index contributed by atoms with van der Waals surface area (Å²) in [5, 5.41) is 16.9. The van der Waals surface area contributed by atoms with Crippen molar-refractivity contribution in [3.8, 4) is 10.6 Å². The van der Waals surface area contributed by atoms with Crippen molar-refractivity contribution in [2.75, 3.05) is 45.0 Å². The third kappa shape index (κ3) is 7.63. The molecule has 4 aromatic rings. The molecule has 1 aliphatic rings. The average Bonchev–Trinajstić information content (AvgIpc) is 3.68. The molecule has 1 aliphatic heterocycles. The molecule has 0 spiro atoms. The van der Waals surface area contributed by atoms with Gasteiger partial charge in [0.25, 0.3) is 5.91 Å². The van der Waals surface area contributed by atoms with Crippen LogP contribution in [0.3, 0.4) is 0 Å². The second kappa shape index (κ2) is 14.9. The second-order valence-electron chi connectivity index (χ2n) is 9.98. The van der Waals surface area contributed by atoms with Gasteiger partial charge in [-0.3, -0.25) is 4.79 Å². The molecule has 0 saturated carbocycles. The molecule has 42 heavy (non-hydrogen) atoms. The fourth-order valence-corrected chi connectivity index (χ4v) is 6.71. The topological polar surface area (TPSA) is 99.1 Å². The number of benzene rings is 2. The lowest BCUT2D eigenvalue weighted by Gasteiger charge is -2.36. The van der Waals surface area contributed by atoms with E-state index < -0.39 is 6.29 Å². The number of nitrogens with zero attached hydrogens (tertiary/aromatic N) is 1. The van der Waals surface area contributed by atoms with Crippen LogP contribution in [0.2, 0.25) is 0 Å². The molecular formula is C32H36N2O6S2. The lowest BCUT2D eigenvalue weighted by atomic mass is 9.82. The van der Waals surface area contributed by atoms with E-state index in [9.17, 15) is 4.79 Å². The fraction of sp³-hybridized carbons (Fsp3) is 0.375. The quantitative estimate of drug-likeness (QED) is 0.161. The van der Waals surface area contributed by atoms with E-state index >= 15 is 0 Å². The SMILES string of the molecule is CCO[C@@H]1OC(C(=O)Nc2ccc(-c3nc4ccc(C)cc4s3)cc2)=C[C@H](c2ccsc2)[C@H]1CCOCCOCCO. The highest BCUT2D eigenvalue weighted by Crippen LogP contribution is 2.40. The molecule has 0 aliphatic carbocycles. The number of aryl methyl sites for hydroxylation is 1. The number of fused-ring (bicyclic) bond motifs is 1. The van der Waals surface area contributed by atoms with E-state index in [1.807, 2.05) is 48.7 Å². The first-order chi connectivity index (χ1) is 20.6. The normalized spacial score (nSPS) is 18.5. The Balaban J connectivity index is 1.27. The van der Waals surface area contributed by atoms with Crippen molar-refractivity contribution < 1.29 is 28.8 Å². The lowest BCUT2D eigenvalue weighted by molar-refractivity contribution is -0.166. The first-order valence-electron chi connectivity index (χ1n) is 14.1. The third-order valence-electron chi connectivity index (χ3n) is 7.00. The van der Waals surface area contributed by atoms with Gasteiger partial charge in [-0.15, -0.1) is 11.3 Å². The van der Waals surface area contributed by atoms with Crippen molar-refractivity contribution in [2.24, 2.45) is 5.92 Å². The molecular weight excluding hydrogens is 572 g/mol. The summed E-state index contributed by atoms with van der Waals surface area (Å²) in [6.07, 6.45) is 1.99. The minimum Gasteiger partial charge on any atom is -0.459 e. The summed E-state index contributed by atoms with van der Waals surface area (Å²) >= 11 is 3.28. The second-order valence-corrected chi connectivity index (χ2v) is 11.8. The molecule has 2 N–H and O–H groups in total. The predicted octanol–water partition coefficient (Wildman–Crippen LogP) is 6.36. The predicted molar refractivity (Wildman–Crippen MR) is 167 cm³/mol. The smallest absolute Gasteiger partial charge is 0.290 e. The zero-order valence-corrected chi connectivity index (χ0v) is 25.4. The molecule has 3 atom stereocenters. The number of aliphatic hydroxyl groups excluding tert-OH is 1. The van der Waals surface area contributed by atoms with Crippen LogP contribution in [0.1, 0.15) is 30.4 Å². The van der Waals surface area contributed by atoms with Crippen LogP contribution < -0.4 is 5.32 Å². The standard InChI is InChI=1S/C32H36N2O6S2/c1-3-39-32-25(10-13-37-15-16-38-14-12-35)26(23-11-17-41-20-23)19-28(40-32)30(36)33-24-7-5-22(6-8-24)31-34-27-9-4-21(2)18-29(27)42-31/h4-9,11,17-20,25-26,32,35H,3,10,12-16H2,1-2H3,(H,33,36)/t25-,26-,32-/m1/s1. The highest BCUT2D eigenvalue weighted by molar-refractivity contribution is 7.21. The maximum Gasteiger partial charge on any atom is 0.290 e. The Bertz CT molecular complexity index is 1470. The summed E-state index contributed by atoms with van der Waals surface area (Å²) < 4.78 is 24.4. The van der Waals surface area contributed by atoms with Crippen molar-refractivity contribution in [2.45, 2.75) is 32.5 Å². The number of allylic oxidation sites excluding steroid dienone is 1. The van der Waals surface area contributed by atoms with E-state index in [2.05, 4.69) is 35.8 Å². The van der Waals surface area contributed by atoms with E-state index in [0.29, 0.717) is 45.1 Å². The molecule has 2 aromatic carbocycles. The highest BCUT2D eigenvalue weighted by Gasteiger charge is 2.38. The summed E-state index contributed by atoms with van der Waals surface area (Å²) in [4.78, 5) is 18.2. The maximum absolute atomic E-state index is 13.4. The van der Waals surface area contributed by atoms with Gasteiger partial charge >= 0.3 is 0 Å². The van der Waals surface area contributed by atoms with Gasteiger partial charge in [0.1, 0.15) is 5.01 Å². The molecule has 0 unspecified atom stereocenters. The van der Waals surface area contributed by atoms with Gasteiger partial charge < -0.3 is 29.4 Å². The Morgan fingerprint density at radius 2 is 1.88 bits per heavy atom. The number of carbonyl (C=O) groups excluding carboxylic acids is 1. The Morgan fingerprint density at radius 1 is 1.07 bits per heavy atom. The minimum atomic E-state index is -0.593. The van der Waals surface area contributed by atoms with Crippen molar-refractivity contribution >= 4 is 44.5 Å². The average molecular weight is 609 g/mol. The number of ether oxygens (including phenoxy) is 4. The summed E-state index contributed by atoms with van der Waals surface area (Å²) in [6, 6.07) is 16.0. The molecule has 3 heterocycles. The minimum absolute atomic E-state index is 0.00471. The van der Waals surface area contributed by atoms with E-state index in [1.165, 1.54) is 5.56 Å². The first kappa shape index (κ1) is 30.3. The Morgan fingerprint density at radius 3 is 2.62 bits per heavy atom. The van der Waals surface area contributed by atoms with Crippen molar-refractivity contribution in [3.63, 3.8) is 0 Å². The van der Waals surface area contributed by atoms with Gasteiger partial charge in [0, 0.05) is 36.3 Å². The summed E-state index contributed by atoms with van der Waals surface area (Å²) in [7, 11) is 0. The molecule has 222 valence electrons. The van der Waals surface area contributed by atoms with Crippen LogP contribution in [0, 0.1) is 12.8 Å². The van der Waals surface area contributed by atoms with Crippen LogP contribution in [0.25, 0.3) is 20.8 Å². The van der Waals surface area contributed by atoms with E-state index in [1.54, 1.807) is 22.7 Å². The van der Waals surface area contributed by atoms with Gasteiger partial charge in [-0.1, -0.05) is 6.07 Å². The van der Waals surface area contributed by atoms with Gasteiger partial charge in [-0.2, -0.15) is 11.3 Å². The first-order valence-corrected chi connectivity index (χ1v) is 15.9. The van der Waals surface area contributed by atoms with Crippen LogP contribution in [0.15, 0.2) is 71.1 Å². The largest absolute Gasteiger partial charge is 0.459 e. The third-order valence-corrected chi connectivity index (χ3v) is 8.77. The van der Waals surface area contributed by atoms with Crippen LogP contribution >= 0.6 is 22.7 Å². The fourth-order valence-electron chi connectivity index (χ4n) is 4.93. The number of anilines is 1. The van der Waals surface area contributed by atoms with E-state index in [4.69, 9.17) is 29.0 Å². The van der Waals surface area contributed by atoms with Crippen LogP contribution in [0.5, 0.6) is 0 Å². The van der Waals surface area contributed by atoms with Crippen LogP contribution in [-0.2, 0) is 23.7 Å². The Kier molecular flexibility index (Phi) is 10.7. The summed E-state index contributed by atoms with van der Waals surface area (Å²) in [5.41, 5.74) is 4.98. The number of hydrogen-bond donors (Lipinski definition) is 2. The molecule has 8 nitrogen and oxygen atoms in total. The number of rotatable bonds is 14. The van der Waals surface area contributed by atoms with Crippen molar-refractivity contribution in [1.82, 2.24) is 4.98 Å². The molecule has 10 heteroatoms. The highest BCUT2D eigenvalue weighted by atomic mass is 32.1. The molecule has 0 saturated heterocycles. The number of aromatic nitrogens is 1. The van der Waals surface area contributed by atoms with Crippen LogP contribution in [-0.4, -0.2) is 61.9 Å². The van der Waals surface area contributed by atoms with Crippen molar-refractivity contribution in [3.05, 3.63) is 82.3 Å². The number of carbonyl (C=O) groups is 1. The Labute approximate surface area is 253 Å². The number of hydrogen-bond acceptors (Lipinski definition) is 9. The Hall–Kier alpha value is -3.12. The molecule has 0 fully saturated rings. The van der Waals surface area contributed by atoms with Gasteiger partial charge in [0.2, 0.25) is 6.29 Å². The molecule has 5 rings (SSSR count). The lowest BCUT2D eigenvalue weighted by Crippen LogP contribution is -2.38. The zero-order chi connectivity index (χ0) is 29.3. The molecule has 0 bridgehead atoms. The van der Waals surface area contributed by atoms with E-state index in [-0.39, 0.29) is 30.1 Å². The number of aliphatic hydroxyl groups is 1. The van der Waals surface area contributed by atoms with Gasteiger partial charge in [0.05, 0.1) is 36.6 Å². The number of thiazole rings is 1. The molecule has 1 amide bonds. The van der Waals surface area contributed by atoms with Gasteiger partial charge in [-0.05, 0) is 90.7 Å². The number of thiophene rings is 1. The summed E-state index contributed by atoms with van der Waals surface area (Å²) in [6.45, 7) is 6.11. The molecule has 0 radical (unpaired) electrons. The number of nitrogens with one attached hydrogen (secondary N) is 1. The summed E-state index contributed by atoms with van der Waals surface area (Å²) in [5.74, 6) is -0.184. The van der Waals surface area contributed by atoms with Crippen LogP contribution in [0.4, 0.5) is 5.69 Å². The molecule has 2 aromatic heterocycles. The van der Waals surface area contributed by atoms with Gasteiger partial charge in [-0.25, -0.2) is 4.98 Å². The van der Waals surface area contributed by atoms with E-state index in [0.717, 1.165) is 26.4 Å². The zero-order valence-electron chi connectivity index (χ0n) is 23.8. The number of amides is 1. The van der Waals surface area contributed by atoms with Crippen molar-refractivity contribution in [1.29, 1.82) is 0 Å². The maximum atomic E-state index is 13.4. The van der Waals surface area contributed by atoms with Gasteiger partial charge in [0.15, 0.2) is 5.76 Å². The monoisotopic (exact) mass is 608 g/mol.